The van der Waals surface area contributed by atoms with Crippen LogP contribution >= 0.6 is 11.6 Å². The SMILES string of the molecule is Cc1nn(CCCC(C)(O)CN)c(C)c1Cl. The second-order valence-corrected chi connectivity index (χ2v) is 4.89. The maximum atomic E-state index is 9.75. The number of nitrogens with zero attached hydrogens (tertiary/aromatic N) is 2. The van der Waals surface area contributed by atoms with Gasteiger partial charge in [0.15, 0.2) is 0 Å². The fraction of sp³-hybridized carbons (Fsp3) is 0.727. The summed E-state index contributed by atoms with van der Waals surface area (Å²) in [4.78, 5) is 0. The molecule has 1 atom stereocenters. The van der Waals surface area contributed by atoms with Crippen molar-refractivity contribution in [2.45, 2.75) is 45.8 Å². The summed E-state index contributed by atoms with van der Waals surface area (Å²) in [5.74, 6) is 0. The zero-order chi connectivity index (χ0) is 12.3. The van der Waals surface area contributed by atoms with Crippen LogP contribution < -0.4 is 5.73 Å². The van der Waals surface area contributed by atoms with Crippen LogP contribution in [-0.2, 0) is 6.54 Å². The van der Waals surface area contributed by atoms with Crippen molar-refractivity contribution in [3.05, 3.63) is 16.4 Å². The molecule has 4 nitrogen and oxygen atoms in total. The van der Waals surface area contributed by atoms with Gasteiger partial charge in [-0.15, -0.1) is 0 Å². The minimum absolute atomic E-state index is 0.283. The summed E-state index contributed by atoms with van der Waals surface area (Å²) in [7, 11) is 0. The van der Waals surface area contributed by atoms with Gasteiger partial charge in [-0.2, -0.15) is 5.10 Å². The number of halogens is 1. The molecule has 0 aliphatic heterocycles. The summed E-state index contributed by atoms with van der Waals surface area (Å²) in [5.41, 5.74) is 6.50. The van der Waals surface area contributed by atoms with Crippen LogP contribution in [0.2, 0.25) is 5.02 Å². The first-order chi connectivity index (χ1) is 7.37. The maximum Gasteiger partial charge on any atom is 0.0844 e. The average Bonchev–Trinajstić information content (AvgIpc) is 2.46. The minimum Gasteiger partial charge on any atom is -0.389 e. The second kappa shape index (κ2) is 5.17. The third-order valence-corrected chi connectivity index (χ3v) is 3.37. The molecule has 0 aromatic carbocycles. The van der Waals surface area contributed by atoms with Gasteiger partial charge in [0.25, 0.3) is 0 Å². The van der Waals surface area contributed by atoms with E-state index in [1.165, 1.54) is 0 Å². The van der Waals surface area contributed by atoms with Crippen LogP contribution in [0.3, 0.4) is 0 Å². The molecule has 92 valence electrons. The zero-order valence-electron chi connectivity index (χ0n) is 10.1. The third kappa shape index (κ3) is 3.20. The molecule has 0 aliphatic carbocycles. The minimum atomic E-state index is -0.778. The van der Waals surface area contributed by atoms with Crippen molar-refractivity contribution in [3.8, 4) is 0 Å². The molecule has 0 saturated carbocycles. The van der Waals surface area contributed by atoms with Crippen LogP contribution in [0.15, 0.2) is 0 Å². The highest BCUT2D eigenvalue weighted by atomic mass is 35.5. The quantitative estimate of drug-likeness (QED) is 0.829. The van der Waals surface area contributed by atoms with E-state index in [9.17, 15) is 5.11 Å². The van der Waals surface area contributed by atoms with Gasteiger partial charge in [0.05, 0.1) is 22.0 Å². The molecular weight excluding hydrogens is 226 g/mol. The van der Waals surface area contributed by atoms with E-state index in [0.717, 1.165) is 29.4 Å². The van der Waals surface area contributed by atoms with Crippen LogP contribution in [0.4, 0.5) is 0 Å². The van der Waals surface area contributed by atoms with E-state index in [4.69, 9.17) is 17.3 Å². The molecule has 0 radical (unpaired) electrons. The lowest BCUT2D eigenvalue weighted by Gasteiger charge is -2.20. The van der Waals surface area contributed by atoms with Gasteiger partial charge in [-0.05, 0) is 33.6 Å². The second-order valence-electron chi connectivity index (χ2n) is 4.51. The highest BCUT2D eigenvalue weighted by Gasteiger charge is 2.17. The Morgan fingerprint density at radius 1 is 1.50 bits per heavy atom. The molecule has 1 aromatic heterocycles. The van der Waals surface area contributed by atoms with E-state index in [1.54, 1.807) is 6.92 Å². The lowest BCUT2D eigenvalue weighted by molar-refractivity contribution is 0.0563. The Bertz CT molecular complexity index is 360. The Labute approximate surface area is 101 Å². The first-order valence-electron chi connectivity index (χ1n) is 5.49. The van der Waals surface area contributed by atoms with Gasteiger partial charge in [0.2, 0.25) is 0 Å². The molecule has 1 unspecified atom stereocenters. The van der Waals surface area contributed by atoms with E-state index < -0.39 is 5.60 Å². The molecule has 3 N–H and O–H groups in total. The molecule has 0 bridgehead atoms. The largest absolute Gasteiger partial charge is 0.389 e. The molecule has 0 fully saturated rings. The van der Waals surface area contributed by atoms with E-state index in [1.807, 2.05) is 18.5 Å². The molecule has 0 spiro atoms. The molecule has 0 saturated heterocycles. The molecule has 1 aromatic rings. The standard InChI is InChI=1S/C11H20ClN3O/c1-8-10(12)9(2)15(14-8)6-4-5-11(3,16)7-13/h16H,4-7,13H2,1-3H3. The first-order valence-corrected chi connectivity index (χ1v) is 5.87. The van der Waals surface area contributed by atoms with E-state index in [-0.39, 0.29) is 6.54 Å². The summed E-state index contributed by atoms with van der Waals surface area (Å²) in [5, 5.41) is 14.8. The van der Waals surface area contributed by atoms with Gasteiger partial charge >= 0.3 is 0 Å². The van der Waals surface area contributed by atoms with Gasteiger partial charge in [-0.1, -0.05) is 11.6 Å². The molecule has 0 amide bonds. The normalized spacial score (nSPS) is 15.1. The number of hydrogen-bond donors (Lipinski definition) is 2. The van der Waals surface area contributed by atoms with Crippen molar-refractivity contribution in [1.82, 2.24) is 9.78 Å². The fourth-order valence-corrected chi connectivity index (χ4v) is 1.74. The van der Waals surface area contributed by atoms with Crippen LogP contribution in [0, 0.1) is 13.8 Å². The fourth-order valence-electron chi connectivity index (χ4n) is 1.60. The number of hydrogen-bond acceptors (Lipinski definition) is 3. The van der Waals surface area contributed by atoms with Crippen LogP contribution in [-0.4, -0.2) is 27.0 Å². The van der Waals surface area contributed by atoms with E-state index >= 15 is 0 Å². The van der Waals surface area contributed by atoms with Crippen LogP contribution in [0.1, 0.15) is 31.2 Å². The molecule has 0 aliphatic rings. The molecule has 1 rings (SSSR count). The van der Waals surface area contributed by atoms with Crippen molar-refractivity contribution in [3.63, 3.8) is 0 Å². The number of nitrogens with two attached hydrogens (primary N) is 1. The monoisotopic (exact) mass is 245 g/mol. The molecule has 5 heteroatoms. The van der Waals surface area contributed by atoms with Crippen molar-refractivity contribution in [2.24, 2.45) is 5.73 Å². The molecule has 1 heterocycles. The first kappa shape index (κ1) is 13.5. The Morgan fingerprint density at radius 2 is 2.12 bits per heavy atom. The summed E-state index contributed by atoms with van der Waals surface area (Å²) < 4.78 is 1.88. The number of aliphatic hydroxyl groups is 1. The highest BCUT2D eigenvalue weighted by molar-refractivity contribution is 6.31. The van der Waals surface area contributed by atoms with Crippen molar-refractivity contribution >= 4 is 11.6 Å². The predicted octanol–water partition coefficient (Wildman–Crippen LogP) is 1.64. The average molecular weight is 246 g/mol. The molecule has 16 heavy (non-hydrogen) atoms. The zero-order valence-corrected chi connectivity index (χ0v) is 10.9. The Hall–Kier alpha value is -0.580. The highest BCUT2D eigenvalue weighted by Crippen LogP contribution is 2.20. The van der Waals surface area contributed by atoms with Gasteiger partial charge in [-0.3, -0.25) is 4.68 Å². The lowest BCUT2D eigenvalue weighted by Crippen LogP contribution is -2.34. The van der Waals surface area contributed by atoms with Gasteiger partial charge in [-0.25, -0.2) is 0 Å². The summed E-state index contributed by atoms with van der Waals surface area (Å²) in [6.45, 7) is 6.63. The van der Waals surface area contributed by atoms with Gasteiger partial charge in [0, 0.05) is 13.1 Å². The topological polar surface area (TPSA) is 64.1 Å². The van der Waals surface area contributed by atoms with Crippen LogP contribution in [0.25, 0.3) is 0 Å². The van der Waals surface area contributed by atoms with Gasteiger partial charge in [0.1, 0.15) is 0 Å². The number of rotatable bonds is 5. The smallest absolute Gasteiger partial charge is 0.0844 e. The Morgan fingerprint density at radius 3 is 2.56 bits per heavy atom. The van der Waals surface area contributed by atoms with Gasteiger partial charge < -0.3 is 10.8 Å². The number of aryl methyl sites for hydroxylation is 2. The number of aromatic nitrogens is 2. The van der Waals surface area contributed by atoms with Crippen LogP contribution in [0.5, 0.6) is 0 Å². The van der Waals surface area contributed by atoms with E-state index in [0.29, 0.717) is 6.42 Å². The summed E-state index contributed by atoms with van der Waals surface area (Å²) in [6.07, 6.45) is 1.50. The Kier molecular flexibility index (Phi) is 4.35. The maximum absolute atomic E-state index is 9.75. The van der Waals surface area contributed by atoms with Crippen molar-refractivity contribution in [1.29, 1.82) is 0 Å². The summed E-state index contributed by atoms with van der Waals surface area (Å²) in [6, 6.07) is 0. The van der Waals surface area contributed by atoms with Crippen molar-refractivity contribution < 1.29 is 5.11 Å². The predicted molar refractivity (Wildman–Crippen MR) is 65.6 cm³/mol. The third-order valence-electron chi connectivity index (χ3n) is 2.82. The Balaban J connectivity index is 2.53. The lowest BCUT2D eigenvalue weighted by atomic mass is 10.0. The summed E-state index contributed by atoms with van der Waals surface area (Å²) >= 11 is 6.04. The van der Waals surface area contributed by atoms with Crippen molar-refractivity contribution in [2.75, 3.05) is 6.54 Å². The van der Waals surface area contributed by atoms with E-state index in [2.05, 4.69) is 5.10 Å². The molecular formula is C11H20ClN3O.